The van der Waals surface area contributed by atoms with Crippen molar-refractivity contribution in [3.63, 3.8) is 0 Å². The second-order valence-corrected chi connectivity index (χ2v) is 10.4. The van der Waals surface area contributed by atoms with Crippen LogP contribution < -0.4 is 0 Å². The lowest BCUT2D eigenvalue weighted by Gasteiger charge is -2.16. The lowest BCUT2D eigenvalue weighted by Crippen LogP contribution is -2.19. The molecule has 0 bridgehead atoms. The average molecular weight is 463 g/mol. The minimum absolute atomic E-state index is 0.0253. The van der Waals surface area contributed by atoms with Crippen LogP contribution in [0.4, 0.5) is 0 Å². The molecule has 0 aromatic rings. The van der Waals surface area contributed by atoms with Crippen molar-refractivity contribution in [3.8, 4) is 0 Å². The molecule has 0 aliphatic heterocycles. The molecule has 0 radical (unpaired) electrons. The topological polar surface area (TPSA) is 52.6 Å². The van der Waals surface area contributed by atoms with Crippen LogP contribution in [0.15, 0.2) is 0 Å². The predicted octanol–water partition coefficient (Wildman–Crippen LogP) is 7.73. The van der Waals surface area contributed by atoms with Crippen molar-refractivity contribution in [2.75, 3.05) is 11.5 Å². The third-order valence-electron chi connectivity index (χ3n) is 5.20. The van der Waals surface area contributed by atoms with Crippen molar-refractivity contribution in [1.29, 1.82) is 0 Å². The molecule has 0 spiro atoms. The highest BCUT2D eigenvalue weighted by atomic mass is 33.1. The van der Waals surface area contributed by atoms with Gasteiger partial charge in [0.25, 0.3) is 0 Å². The van der Waals surface area contributed by atoms with Gasteiger partial charge in [-0.15, -0.1) is 0 Å². The van der Waals surface area contributed by atoms with Gasteiger partial charge in [0.05, 0.1) is 0 Å². The van der Waals surface area contributed by atoms with E-state index in [0.29, 0.717) is 0 Å². The minimum Gasteiger partial charge on any atom is -0.462 e. The van der Waals surface area contributed by atoms with Gasteiger partial charge < -0.3 is 9.47 Å². The van der Waals surface area contributed by atoms with E-state index >= 15 is 0 Å². The van der Waals surface area contributed by atoms with E-state index in [2.05, 4.69) is 27.7 Å². The minimum atomic E-state index is -0.181. The molecule has 6 heteroatoms. The number of unbranched alkanes of at least 4 members (excludes halogenated alkanes) is 8. The fourth-order valence-corrected chi connectivity index (χ4v) is 4.84. The molecule has 0 rings (SSSR count). The number of rotatable bonds is 21. The number of hydrogen-bond acceptors (Lipinski definition) is 6. The average Bonchev–Trinajstić information content (AvgIpc) is 2.74. The zero-order valence-corrected chi connectivity index (χ0v) is 21.6. The number of carbonyl (C=O) groups is 2. The summed E-state index contributed by atoms with van der Waals surface area (Å²) in [6.07, 6.45) is 15.9. The Labute approximate surface area is 193 Å². The van der Waals surface area contributed by atoms with Crippen molar-refractivity contribution >= 4 is 33.5 Å². The molecule has 0 saturated heterocycles. The molecule has 0 aliphatic carbocycles. The first-order valence-electron chi connectivity index (χ1n) is 12.2. The number of esters is 2. The molecule has 0 amide bonds. The summed E-state index contributed by atoms with van der Waals surface area (Å²) in [4.78, 5) is 24.1. The quantitative estimate of drug-likeness (QED) is 0.0988. The van der Waals surface area contributed by atoms with Crippen LogP contribution in [-0.4, -0.2) is 35.7 Å². The van der Waals surface area contributed by atoms with E-state index in [1.54, 1.807) is 0 Å². The van der Waals surface area contributed by atoms with Crippen LogP contribution in [0.3, 0.4) is 0 Å². The van der Waals surface area contributed by atoms with Gasteiger partial charge in [0.15, 0.2) is 0 Å². The molecular weight excluding hydrogens is 416 g/mol. The van der Waals surface area contributed by atoms with Crippen LogP contribution in [0.2, 0.25) is 0 Å². The van der Waals surface area contributed by atoms with E-state index in [1.165, 1.54) is 73.0 Å². The first kappa shape index (κ1) is 29.6. The molecule has 0 saturated carbocycles. The van der Waals surface area contributed by atoms with Gasteiger partial charge in [-0.2, -0.15) is 0 Å². The number of ether oxygens (including phenoxy) is 2. The van der Waals surface area contributed by atoms with Crippen LogP contribution in [-0.2, 0) is 19.1 Å². The predicted molar refractivity (Wildman–Crippen MR) is 132 cm³/mol. The molecule has 4 nitrogen and oxygen atoms in total. The molecule has 0 aromatic carbocycles. The summed E-state index contributed by atoms with van der Waals surface area (Å²) in [7, 11) is 2.76. The third-order valence-corrected chi connectivity index (χ3v) is 7.28. The monoisotopic (exact) mass is 462 g/mol. The van der Waals surface area contributed by atoms with E-state index in [0.717, 1.165) is 38.5 Å². The van der Waals surface area contributed by atoms with Gasteiger partial charge in [0.2, 0.25) is 0 Å². The maximum absolute atomic E-state index is 12.0. The Morgan fingerprint density at radius 2 is 0.967 bits per heavy atom. The van der Waals surface area contributed by atoms with Gasteiger partial charge in [-0.1, -0.05) is 101 Å². The highest BCUT2D eigenvalue weighted by Gasteiger charge is 2.15. The van der Waals surface area contributed by atoms with E-state index in [1.807, 2.05) is 0 Å². The SMILES string of the molecule is CCCCCCCC(CC)OC(=O)CSSCC(=O)OC(CC)CCCCCCC. The van der Waals surface area contributed by atoms with Gasteiger partial charge in [-0.25, -0.2) is 0 Å². The summed E-state index contributed by atoms with van der Waals surface area (Å²) in [5.41, 5.74) is 0. The van der Waals surface area contributed by atoms with E-state index in [-0.39, 0.29) is 35.7 Å². The molecule has 2 atom stereocenters. The summed E-state index contributed by atoms with van der Waals surface area (Å²) in [5.74, 6) is 0.192. The summed E-state index contributed by atoms with van der Waals surface area (Å²) in [6.45, 7) is 8.55. The highest BCUT2D eigenvalue weighted by Crippen LogP contribution is 2.23. The molecule has 2 unspecified atom stereocenters. The Hall–Kier alpha value is -0.360. The van der Waals surface area contributed by atoms with Gasteiger partial charge in [0, 0.05) is 0 Å². The number of carbonyl (C=O) groups excluding carboxylic acids is 2. The molecule has 0 aliphatic rings. The van der Waals surface area contributed by atoms with Crippen molar-refractivity contribution in [2.24, 2.45) is 0 Å². The molecule has 0 fully saturated rings. The molecule has 0 N–H and O–H groups in total. The van der Waals surface area contributed by atoms with Gasteiger partial charge >= 0.3 is 11.9 Å². The summed E-state index contributed by atoms with van der Waals surface area (Å²) >= 11 is 0. The lowest BCUT2D eigenvalue weighted by molar-refractivity contribution is -0.147. The Kier molecular flexibility index (Phi) is 21.6. The second-order valence-electron chi connectivity index (χ2n) is 7.97. The second kappa shape index (κ2) is 21.9. The summed E-state index contributed by atoms with van der Waals surface area (Å²) in [5, 5.41) is 0. The van der Waals surface area contributed by atoms with Crippen molar-refractivity contribution in [1.82, 2.24) is 0 Å². The standard InChI is InChI=1S/C24H46O4S2/c1-5-9-11-13-15-17-21(7-3)27-23(25)19-29-30-20-24(26)28-22(8-4)18-16-14-12-10-6-2/h21-22H,5-20H2,1-4H3. The summed E-state index contributed by atoms with van der Waals surface area (Å²) < 4.78 is 11.2. The molecule has 0 aromatic heterocycles. The van der Waals surface area contributed by atoms with Crippen molar-refractivity contribution in [3.05, 3.63) is 0 Å². The smallest absolute Gasteiger partial charge is 0.317 e. The Bertz CT molecular complexity index is 380. The first-order chi connectivity index (χ1) is 14.6. The first-order valence-corrected chi connectivity index (χ1v) is 14.7. The van der Waals surface area contributed by atoms with E-state index in [9.17, 15) is 9.59 Å². The van der Waals surface area contributed by atoms with Crippen molar-refractivity contribution < 1.29 is 19.1 Å². The molecular formula is C24H46O4S2. The lowest BCUT2D eigenvalue weighted by atomic mass is 10.1. The Morgan fingerprint density at radius 3 is 1.30 bits per heavy atom. The van der Waals surface area contributed by atoms with Crippen LogP contribution in [0.5, 0.6) is 0 Å². The van der Waals surface area contributed by atoms with Crippen LogP contribution in [0, 0.1) is 0 Å². The van der Waals surface area contributed by atoms with Gasteiger partial charge in [-0.3, -0.25) is 9.59 Å². The van der Waals surface area contributed by atoms with Crippen molar-refractivity contribution in [2.45, 2.75) is 130 Å². The maximum Gasteiger partial charge on any atom is 0.317 e. The zero-order valence-electron chi connectivity index (χ0n) is 19.9. The third kappa shape index (κ3) is 18.4. The maximum atomic E-state index is 12.0. The van der Waals surface area contributed by atoms with E-state index in [4.69, 9.17) is 9.47 Å². The van der Waals surface area contributed by atoms with E-state index < -0.39 is 0 Å². The molecule has 0 heterocycles. The van der Waals surface area contributed by atoms with Crippen LogP contribution >= 0.6 is 21.6 Å². The zero-order chi connectivity index (χ0) is 22.5. The Morgan fingerprint density at radius 1 is 0.600 bits per heavy atom. The highest BCUT2D eigenvalue weighted by molar-refractivity contribution is 8.77. The van der Waals surface area contributed by atoms with Gasteiger partial charge in [0.1, 0.15) is 23.7 Å². The van der Waals surface area contributed by atoms with Crippen LogP contribution in [0.25, 0.3) is 0 Å². The van der Waals surface area contributed by atoms with Crippen LogP contribution in [0.1, 0.15) is 118 Å². The molecule has 178 valence electrons. The fourth-order valence-electron chi connectivity index (χ4n) is 3.26. The molecule has 30 heavy (non-hydrogen) atoms. The fraction of sp³-hybridized carbons (Fsp3) is 0.917. The number of hydrogen-bond donors (Lipinski definition) is 0. The summed E-state index contributed by atoms with van der Waals surface area (Å²) in [6, 6.07) is 0. The normalized spacial score (nSPS) is 13.1. The largest absolute Gasteiger partial charge is 0.462 e. The Balaban J connectivity index is 3.83. The van der Waals surface area contributed by atoms with Gasteiger partial charge in [-0.05, 0) is 38.5 Å².